The van der Waals surface area contributed by atoms with Gasteiger partial charge in [-0.15, -0.1) is 24.0 Å². The summed E-state index contributed by atoms with van der Waals surface area (Å²) in [6, 6.07) is 0.0173. The van der Waals surface area contributed by atoms with E-state index in [1.807, 2.05) is 6.92 Å². The molecule has 1 aliphatic rings. The molecule has 2 N–H and O–H groups in total. The smallest absolute Gasteiger partial charge is 0.385 e. The van der Waals surface area contributed by atoms with E-state index in [1.54, 1.807) is 7.11 Å². The number of unbranched alkanes of at least 4 members (excludes halogenated alkanes) is 2. The molecule has 0 radical (unpaired) electrons. The number of ether oxygens (including phenoxy) is 1. The highest BCUT2D eigenvalue weighted by Gasteiger charge is 2.34. The van der Waals surface area contributed by atoms with Crippen molar-refractivity contribution in [1.29, 1.82) is 0 Å². The van der Waals surface area contributed by atoms with Crippen molar-refractivity contribution in [2.45, 2.75) is 44.8 Å². The lowest BCUT2D eigenvalue weighted by molar-refractivity contribution is -0.143. The largest absolute Gasteiger partial charge is 0.401 e. The minimum atomic E-state index is -4.13. The van der Waals surface area contributed by atoms with Crippen LogP contribution in [0.2, 0.25) is 0 Å². The molecule has 1 aliphatic heterocycles. The van der Waals surface area contributed by atoms with Gasteiger partial charge in [-0.25, -0.2) is 0 Å². The van der Waals surface area contributed by atoms with Crippen molar-refractivity contribution in [3.8, 4) is 0 Å². The van der Waals surface area contributed by atoms with Crippen molar-refractivity contribution in [2.75, 3.05) is 46.4 Å². The highest BCUT2D eigenvalue weighted by Crippen LogP contribution is 2.19. The standard InChI is InChI=1S/C15H29F3N4O.HI/c1-3-19-14(20-8-5-4-6-10-23-2)21-13-7-9-22(11-13)12-15(16,17)18;/h13H,3-12H2,1-2H3,(H2,19,20,21);1H. The molecular formula is C15H30F3IN4O. The van der Waals surface area contributed by atoms with Gasteiger partial charge in [0.1, 0.15) is 0 Å². The van der Waals surface area contributed by atoms with Gasteiger partial charge in [0.2, 0.25) is 0 Å². The Balaban J connectivity index is 0.00000529. The first-order valence-electron chi connectivity index (χ1n) is 8.27. The van der Waals surface area contributed by atoms with E-state index in [0.29, 0.717) is 32.0 Å². The lowest BCUT2D eigenvalue weighted by Crippen LogP contribution is -2.45. The first kappa shape index (κ1) is 23.7. The van der Waals surface area contributed by atoms with E-state index in [4.69, 9.17) is 4.74 Å². The van der Waals surface area contributed by atoms with E-state index in [0.717, 1.165) is 32.4 Å². The summed E-state index contributed by atoms with van der Waals surface area (Å²) >= 11 is 0. The lowest BCUT2D eigenvalue weighted by atomic mass is 10.2. The second kappa shape index (κ2) is 13.0. The third-order valence-electron chi connectivity index (χ3n) is 3.64. The highest BCUT2D eigenvalue weighted by molar-refractivity contribution is 14.0. The molecule has 1 heterocycles. The molecule has 0 amide bonds. The van der Waals surface area contributed by atoms with Crippen molar-refractivity contribution >= 4 is 29.9 Å². The predicted octanol–water partition coefficient (Wildman–Crippen LogP) is 2.61. The number of nitrogens with one attached hydrogen (secondary N) is 2. The number of nitrogens with zero attached hydrogens (tertiary/aromatic N) is 2. The molecule has 144 valence electrons. The van der Waals surface area contributed by atoms with Crippen LogP contribution in [0.5, 0.6) is 0 Å². The second-order valence-corrected chi connectivity index (χ2v) is 5.79. The SMILES string of the molecule is CCNC(=NCCCCCOC)NC1CCN(CC(F)(F)F)C1.I. The molecule has 1 fully saturated rings. The Kier molecular flexibility index (Phi) is 12.8. The molecule has 24 heavy (non-hydrogen) atoms. The molecule has 1 saturated heterocycles. The second-order valence-electron chi connectivity index (χ2n) is 5.79. The van der Waals surface area contributed by atoms with Gasteiger partial charge in [-0.05, 0) is 32.6 Å². The summed E-state index contributed by atoms with van der Waals surface area (Å²) in [5.74, 6) is 0.693. The molecule has 0 bridgehead atoms. The summed E-state index contributed by atoms with van der Waals surface area (Å²) in [5.41, 5.74) is 0. The van der Waals surface area contributed by atoms with Crippen molar-refractivity contribution < 1.29 is 17.9 Å². The van der Waals surface area contributed by atoms with Gasteiger partial charge in [0.05, 0.1) is 6.54 Å². The van der Waals surface area contributed by atoms with Crippen LogP contribution in [0.15, 0.2) is 4.99 Å². The fourth-order valence-electron chi connectivity index (χ4n) is 2.59. The van der Waals surface area contributed by atoms with Crippen LogP contribution in [-0.4, -0.2) is 69.5 Å². The zero-order valence-corrected chi connectivity index (χ0v) is 16.8. The van der Waals surface area contributed by atoms with E-state index in [2.05, 4.69) is 15.6 Å². The summed E-state index contributed by atoms with van der Waals surface area (Å²) in [4.78, 5) is 5.92. The number of hydrogen-bond acceptors (Lipinski definition) is 3. The predicted molar refractivity (Wildman–Crippen MR) is 101 cm³/mol. The summed E-state index contributed by atoms with van der Waals surface area (Å²) in [6.45, 7) is 4.20. The molecule has 0 aromatic rings. The Hall–Kier alpha value is -0.290. The van der Waals surface area contributed by atoms with Gasteiger partial charge in [0.15, 0.2) is 5.96 Å². The van der Waals surface area contributed by atoms with Gasteiger partial charge in [-0.1, -0.05) is 0 Å². The normalized spacial score (nSPS) is 19.2. The average Bonchev–Trinajstić information content (AvgIpc) is 2.87. The van der Waals surface area contributed by atoms with Crippen LogP contribution in [0, 0.1) is 0 Å². The van der Waals surface area contributed by atoms with Gasteiger partial charge in [-0.3, -0.25) is 9.89 Å². The maximum atomic E-state index is 12.4. The molecule has 0 aliphatic carbocycles. The van der Waals surface area contributed by atoms with Crippen LogP contribution in [0.3, 0.4) is 0 Å². The van der Waals surface area contributed by atoms with Crippen LogP contribution in [0.1, 0.15) is 32.6 Å². The third-order valence-corrected chi connectivity index (χ3v) is 3.64. The Morgan fingerprint density at radius 3 is 2.67 bits per heavy atom. The Morgan fingerprint density at radius 1 is 1.29 bits per heavy atom. The van der Waals surface area contributed by atoms with Crippen LogP contribution in [-0.2, 0) is 4.74 Å². The zero-order valence-electron chi connectivity index (χ0n) is 14.5. The first-order valence-corrected chi connectivity index (χ1v) is 8.27. The summed E-state index contributed by atoms with van der Waals surface area (Å²) < 4.78 is 42.2. The Labute approximate surface area is 159 Å². The molecule has 0 saturated carbocycles. The van der Waals surface area contributed by atoms with Crippen LogP contribution < -0.4 is 10.6 Å². The van der Waals surface area contributed by atoms with Crippen molar-refractivity contribution in [3.63, 3.8) is 0 Å². The van der Waals surface area contributed by atoms with Crippen LogP contribution in [0.25, 0.3) is 0 Å². The molecule has 0 aromatic carbocycles. The highest BCUT2D eigenvalue weighted by atomic mass is 127. The third kappa shape index (κ3) is 11.3. The minimum Gasteiger partial charge on any atom is -0.385 e. The van der Waals surface area contributed by atoms with Crippen molar-refractivity contribution in [3.05, 3.63) is 0 Å². The maximum absolute atomic E-state index is 12.4. The number of hydrogen-bond donors (Lipinski definition) is 2. The number of rotatable bonds is 9. The molecule has 1 atom stereocenters. The van der Waals surface area contributed by atoms with Gasteiger partial charge in [-0.2, -0.15) is 13.2 Å². The Bertz CT molecular complexity index is 356. The van der Waals surface area contributed by atoms with Crippen molar-refractivity contribution in [2.24, 2.45) is 4.99 Å². The van der Waals surface area contributed by atoms with Gasteiger partial charge in [0, 0.05) is 45.9 Å². The van der Waals surface area contributed by atoms with E-state index in [-0.39, 0.29) is 30.0 Å². The zero-order chi connectivity index (χ0) is 17.1. The monoisotopic (exact) mass is 466 g/mol. The minimum absolute atomic E-state index is 0. The fraction of sp³-hybridized carbons (Fsp3) is 0.933. The van der Waals surface area contributed by atoms with Gasteiger partial charge >= 0.3 is 6.18 Å². The number of aliphatic imine (C=N–C) groups is 1. The fourth-order valence-corrected chi connectivity index (χ4v) is 2.59. The molecular weight excluding hydrogens is 436 g/mol. The summed E-state index contributed by atoms with van der Waals surface area (Å²) in [7, 11) is 1.69. The number of halogens is 4. The van der Waals surface area contributed by atoms with E-state index < -0.39 is 12.7 Å². The van der Waals surface area contributed by atoms with E-state index in [9.17, 15) is 13.2 Å². The molecule has 0 aromatic heterocycles. The first-order chi connectivity index (χ1) is 10.9. The number of likely N-dealkylation sites (tertiary alicyclic amines) is 1. The van der Waals surface area contributed by atoms with Gasteiger partial charge < -0.3 is 15.4 Å². The number of alkyl halides is 3. The molecule has 1 unspecified atom stereocenters. The van der Waals surface area contributed by atoms with Gasteiger partial charge in [0.25, 0.3) is 0 Å². The quantitative estimate of drug-likeness (QED) is 0.238. The van der Waals surface area contributed by atoms with E-state index >= 15 is 0 Å². The lowest BCUT2D eigenvalue weighted by Gasteiger charge is -2.19. The average molecular weight is 466 g/mol. The topological polar surface area (TPSA) is 48.9 Å². The number of methoxy groups -OCH3 is 1. The Morgan fingerprint density at radius 2 is 2.04 bits per heavy atom. The molecule has 0 spiro atoms. The molecule has 9 heteroatoms. The van der Waals surface area contributed by atoms with Crippen LogP contribution >= 0.6 is 24.0 Å². The van der Waals surface area contributed by atoms with Crippen LogP contribution in [0.4, 0.5) is 13.2 Å². The number of guanidine groups is 1. The molecule has 1 rings (SSSR count). The van der Waals surface area contributed by atoms with Crippen molar-refractivity contribution in [1.82, 2.24) is 15.5 Å². The maximum Gasteiger partial charge on any atom is 0.401 e. The summed E-state index contributed by atoms with van der Waals surface area (Å²) in [6.07, 6.45) is -0.376. The molecule has 5 nitrogen and oxygen atoms in total. The van der Waals surface area contributed by atoms with E-state index in [1.165, 1.54) is 4.90 Å². The summed E-state index contributed by atoms with van der Waals surface area (Å²) in [5, 5.41) is 6.39.